The van der Waals surface area contributed by atoms with Crippen LogP contribution in [0, 0.1) is 6.92 Å². The van der Waals surface area contributed by atoms with Crippen molar-refractivity contribution in [3.63, 3.8) is 0 Å². The van der Waals surface area contributed by atoms with Crippen LogP contribution in [-0.4, -0.2) is 15.2 Å². The van der Waals surface area contributed by atoms with Gasteiger partial charge in [-0.1, -0.05) is 54.6 Å². The molecule has 0 saturated carbocycles. The van der Waals surface area contributed by atoms with Gasteiger partial charge in [0.25, 0.3) is 0 Å². The topological polar surface area (TPSA) is 53.6 Å². The van der Waals surface area contributed by atoms with Gasteiger partial charge >= 0.3 is 0 Å². The summed E-state index contributed by atoms with van der Waals surface area (Å²) in [5.41, 5.74) is 2.99. The second-order valence-electron chi connectivity index (χ2n) is 5.49. The molecule has 4 rings (SSSR count). The molecule has 0 saturated heterocycles. The van der Waals surface area contributed by atoms with E-state index in [9.17, 15) is 0 Å². The van der Waals surface area contributed by atoms with Gasteiger partial charge in [0.1, 0.15) is 11.6 Å². The zero-order valence-corrected chi connectivity index (χ0v) is 12.7. The van der Waals surface area contributed by atoms with E-state index in [0.29, 0.717) is 0 Å². The van der Waals surface area contributed by atoms with Crippen LogP contribution in [0.5, 0.6) is 0 Å². The van der Waals surface area contributed by atoms with Crippen LogP contribution in [0.25, 0.3) is 22.0 Å². The maximum atomic E-state index is 4.82. The summed E-state index contributed by atoms with van der Waals surface area (Å²) in [7, 11) is 0. The third-order valence-corrected chi connectivity index (χ3v) is 3.77. The van der Waals surface area contributed by atoms with Gasteiger partial charge < -0.3 is 5.32 Å². The summed E-state index contributed by atoms with van der Waals surface area (Å²) in [6.07, 6.45) is 0. The minimum absolute atomic E-state index is 0.825. The molecule has 112 valence electrons. The molecule has 0 atom stereocenters. The summed E-state index contributed by atoms with van der Waals surface area (Å²) in [5.74, 6) is 1.66. The Morgan fingerprint density at radius 1 is 0.913 bits per heavy atom. The Morgan fingerprint density at radius 2 is 1.70 bits per heavy atom. The molecular weight excluding hydrogens is 284 g/mol. The summed E-state index contributed by atoms with van der Waals surface area (Å²) in [4.78, 5) is 4.82. The molecule has 23 heavy (non-hydrogen) atoms. The zero-order valence-electron chi connectivity index (χ0n) is 12.7. The van der Waals surface area contributed by atoms with Crippen LogP contribution in [0.1, 0.15) is 5.69 Å². The molecule has 0 radical (unpaired) electrons. The molecule has 4 heteroatoms. The minimum atomic E-state index is 0.825. The smallest absolute Gasteiger partial charge is 0.140 e. The SMILES string of the molecule is Cc1cc(Nc2nc(-c3ccccc3)cc3ccccc23)[nH]n1. The number of anilines is 2. The van der Waals surface area contributed by atoms with E-state index in [0.717, 1.165) is 39.4 Å². The molecule has 0 amide bonds. The molecule has 4 nitrogen and oxygen atoms in total. The molecule has 0 aliphatic rings. The van der Waals surface area contributed by atoms with Crippen LogP contribution in [0.2, 0.25) is 0 Å². The van der Waals surface area contributed by atoms with Crippen LogP contribution in [0.4, 0.5) is 11.6 Å². The van der Waals surface area contributed by atoms with E-state index in [1.807, 2.05) is 43.3 Å². The van der Waals surface area contributed by atoms with Crippen molar-refractivity contribution in [2.75, 3.05) is 5.32 Å². The van der Waals surface area contributed by atoms with E-state index in [2.05, 4.69) is 45.8 Å². The van der Waals surface area contributed by atoms with Crippen molar-refractivity contribution in [3.05, 3.63) is 72.4 Å². The van der Waals surface area contributed by atoms with E-state index >= 15 is 0 Å². The van der Waals surface area contributed by atoms with E-state index in [-0.39, 0.29) is 0 Å². The number of hydrogen-bond donors (Lipinski definition) is 2. The van der Waals surface area contributed by atoms with Gasteiger partial charge in [-0.05, 0) is 18.4 Å². The molecular formula is C19H16N4. The number of fused-ring (bicyclic) bond motifs is 1. The van der Waals surface area contributed by atoms with Crippen LogP contribution < -0.4 is 5.32 Å². The fourth-order valence-corrected chi connectivity index (χ4v) is 2.66. The highest BCUT2D eigenvalue weighted by atomic mass is 15.2. The molecule has 2 heterocycles. The van der Waals surface area contributed by atoms with Crippen molar-refractivity contribution in [2.45, 2.75) is 6.92 Å². The first-order valence-electron chi connectivity index (χ1n) is 7.54. The zero-order chi connectivity index (χ0) is 15.6. The summed E-state index contributed by atoms with van der Waals surface area (Å²) in [6.45, 7) is 1.95. The van der Waals surface area contributed by atoms with E-state index in [1.165, 1.54) is 0 Å². The molecule has 0 unspecified atom stereocenters. The number of hydrogen-bond acceptors (Lipinski definition) is 3. The largest absolute Gasteiger partial charge is 0.325 e. The van der Waals surface area contributed by atoms with Crippen molar-refractivity contribution in [1.82, 2.24) is 15.2 Å². The Morgan fingerprint density at radius 3 is 2.48 bits per heavy atom. The van der Waals surface area contributed by atoms with Crippen LogP contribution >= 0.6 is 0 Å². The number of H-pyrrole nitrogens is 1. The molecule has 4 aromatic rings. The van der Waals surface area contributed by atoms with Gasteiger partial charge in [0.2, 0.25) is 0 Å². The molecule has 2 N–H and O–H groups in total. The number of rotatable bonds is 3. The lowest BCUT2D eigenvalue weighted by molar-refractivity contribution is 1.05. The lowest BCUT2D eigenvalue weighted by atomic mass is 10.1. The summed E-state index contributed by atoms with van der Waals surface area (Å²) in [5, 5.41) is 12.7. The van der Waals surface area contributed by atoms with Crippen molar-refractivity contribution in [2.24, 2.45) is 0 Å². The molecule has 0 fully saturated rings. The van der Waals surface area contributed by atoms with Crippen molar-refractivity contribution in [1.29, 1.82) is 0 Å². The standard InChI is InChI=1S/C19H16N4/c1-13-11-18(23-22-13)21-19-16-10-6-5-9-15(16)12-17(20-19)14-7-3-2-4-8-14/h2-12H,1H3,(H2,20,21,22,23). The molecule has 2 aromatic carbocycles. The molecule has 0 aliphatic carbocycles. The van der Waals surface area contributed by atoms with Crippen molar-refractivity contribution >= 4 is 22.4 Å². The molecule has 0 spiro atoms. The minimum Gasteiger partial charge on any atom is -0.325 e. The molecule has 2 aromatic heterocycles. The fourth-order valence-electron chi connectivity index (χ4n) is 2.66. The monoisotopic (exact) mass is 300 g/mol. The number of benzene rings is 2. The predicted molar refractivity (Wildman–Crippen MR) is 93.8 cm³/mol. The Kier molecular flexibility index (Phi) is 3.27. The quantitative estimate of drug-likeness (QED) is 0.577. The lowest BCUT2D eigenvalue weighted by Gasteiger charge is -2.10. The first kappa shape index (κ1) is 13.5. The van der Waals surface area contributed by atoms with Crippen molar-refractivity contribution < 1.29 is 0 Å². The third kappa shape index (κ3) is 2.66. The number of aromatic amines is 1. The highest BCUT2D eigenvalue weighted by molar-refractivity contribution is 5.95. The average Bonchev–Trinajstić information content (AvgIpc) is 3.00. The number of pyridine rings is 1. The third-order valence-electron chi connectivity index (χ3n) is 3.77. The normalized spacial score (nSPS) is 10.8. The Labute approximate surface area is 134 Å². The lowest BCUT2D eigenvalue weighted by Crippen LogP contribution is -1.97. The highest BCUT2D eigenvalue weighted by Crippen LogP contribution is 2.29. The molecule has 0 aliphatic heterocycles. The van der Waals surface area contributed by atoms with E-state index in [1.54, 1.807) is 0 Å². The predicted octanol–water partition coefficient (Wildman–Crippen LogP) is 4.68. The average molecular weight is 300 g/mol. The highest BCUT2D eigenvalue weighted by Gasteiger charge is 2.08. The maximum Gasteiger partial charge on any atom is 0.140 e. The summed E-state index contributed by atoms with van der Waals surface area (Å²) in [6, 6.07) is 22.5. The maximum absolute atomic E-state index is 4.82. The Hall–Kier alpha value is -3.14. The summed E-state index contributed by atoms with van der Waals surface area (Å²) < 4.78 is 0. The van der Waals surface area contributed by atoms with Gasteiger partial charge in [-0.2, -0.15) is 5.10 Å². The van der Waals surface area contributed by atoms with Crippen LogP contribution in [0.3, 0.4) is 0 Å². The van der Waals surface area contributed by atoms with Crippen LogP contribution in [0.15, 0.2) is 66.7 Å². The van der Waals surface area contributed by atoms with Gasteiger partial charge in [-0.3, -0.25) is 5.10 Å². The Bertz CT molecular complexity index is 957. The van der Waals surface area contributed by atoms with E-state index in [4.69, 9.17) is 4.98 Å². The number of nitrogens with one attached hydrogen (secondary N) is 2. The number of aromatic nitrogens is 3. The van der Waals surface area contributed by atoms with Gasteiger partial charge in [-0.15, -0.1) is 0 Å². The van der Waals surface area contributed by atoms with Gasteiger partial charge in [-0.25, -0.2) is 4.98 Å². The van der Waals surface area contributed by atoms with E-state index < -0.39 is 0 Å². The first-order chi connectivity index (χ1) is 11.3. The van der Waals surface area contributed by atoms with Crippen molar-refractivity contribution in [3.8, 4) is 11.3 Å². The summed E-state index contributed by atoms with van der Waals surface area (Å²) >= 11 is 0. The fraction of sp³-hybridized carbons (Fsp3) is 0.0526. The number of aryl methyl sites for hydroxylation is 1. The second kappa shape index (κ2) is 5.57. The van der Waals surface area contributed by atoms with Gasteiger partial charge in [0.15, 0.2) is 0 Å². The Balaban J connectivity index is 1.87. The number of nitrogens with zero attached hydrogens (tertiary/aromatic N) is 2. The van der Waals surface area contributed by atoms with Crippen LogP contribution in [-0.2, 0) is 0 Å². The molecule has 0 bridgehead atoms. The van der Waals surface area contributed by atoms with Gasteiger partial charge in [0.05, 0.1) is 11.4 Å². The van der Waals surface area contributed by atoms with Gasteiger partial charge in [0, 0.05) is 17.0 Å². The second-order valence-corrected chi connectivity index (χ2v) is 5.49. The first-order valence-corrected chi connectivity index (χ1v) is 7.54.